The predicted molar refractivity (Wildman–Crippen MR) is 155 cm³/mol. The Bertz CT molecular complexity index is 801. The Kier molecular flexibility index (Phi) is 18.7. The number of likely N-dealkylation sites (N-methyl/N-ethyl adjacent to an activating group) is 1. The Morgan fingerprint density at radius 3 is 2.18 bits per heavy atom. The van der Waals surface area contributed by atoms with Gasteiger partial charge in [-0.25, -0.2) is 0 Å². The second-order valence-corrected chi connectivity index (χ2v) is 11.9. The lowest BCUT2D eigenvalue weighted by atomic mass is 10.0. The van der Waals surface area contributed by atoms with Crippen molar-refractivity contribution in [1.82, 2.24) is 8.75 Å². The van der Waals surface area contributed by atoms with Crippen LogP contribution in [0.25, 0.3) is 5.57 Å². The van der Waals surface area contributed by atoms with Crippen molar-refractivity contribution in [1.29, 1.82) is 0 Å². The highest BCUT2D eigenvalue weighted by atomic mass is 127. The lowest BCUT2D eigenvalue weighted by molar-refractivity contribution is -0.947. The number of halogens is 1. The maximum absolute atomic E-state index is 12.7. The van der Waals surface area contributed by atoms with Gasteiger partial charge in [0.1, 0.15) is 12.2 Å². The van der Waals surface area contributed by atoms with Gasteiger partial charge in [0.2, 0.25) is 6.23 Å². The number of hydrogen-bond acceptors (Lipinski definition) is 6. The maximum atomic E-state index is 12.7. The van der Waals surface area contributed by atoms with Crippen LogP contribution in [0.4, 0.5) is 0 Å². The van der Waals surface area contributed by atoms with E-state index in [0.717, 1.165) is 44.5 Å². The van der Waals surface area contributed by atoms with Gasteiger partial charge in [-0.05, 0) is 12.8 Å². The number of unbranched alkanes of at least 4 members (excludes halogenated alkanes) is 11. The van der Waals surface area contributed by atoms with Crippen molar-refractivity contribution >= 4 is 23.3 Å². The Morgan fingerprint density at radius 1 is 0.947 bits per heavy atom. The first-order valence-electron chi connectivity index (χ1n) is 15.1. The average molecular weight is 664 g/mol. The van der Waals surface area contributed by atoms with Crippen molar-refractivity contribution in [2.75, 3.05) is 26.7 Å². The van der Waals surface area contributed by atoms with Crippen LogP contribution < -0.4 is 28.7 Å². The molecule has 0 bridgehead atoms. The number of quaternary nitrogens is 1. The van der Waals surface area contributed by atoms with E-state index in [9.17, 15) is 4.79 Å². The molecule has 2 atom stereocenters. The Balaban J connectivity index is 0.00000722. The number of carbonyl (C=O) groups is 1. The van der Waals surface area contributed by atoms with E-state index in [2.05, 4.69) is 35.7 Å². The molecule has 0 saturated heterocycles. The van der Waals surface area contributed by atoms with Gasteiger partial charge in [-0.15, -0.1) is 4.37 Å². The average Bonchev–Trinajstić information content (AvgIpc) is 3.35. The fourth-order valence-corrected chi connectivity index (χ4v) is 5.58. The molecule has 8 heteroatoms. The molecular weight excluding hydrogens is 609 g/mol. The van der Waals surface area contributed by atoms with Gasteiger partial charge in [0.25, 0.3) is 5.88 Å². The van der Waals surface area contributed by atoms with Crippen LogP contribution in [0, 0.1) is 5.92 Å². The highest BCUT2D eigenvalue weighted by Gasteiger charge is 2.39. The van der Waals surface area contributed by atoms with Gasteiger partial charge in [-0.3, -0.25) is 9.28 Å². The fraction of sp³-hybridized carbons (Fsp3) is 0.833. The Labute approximate surface area is 254 Å². The van der Waals surface area contributed by atoms with Crippen LogP contribution in [0.15, 0.2) is 6.08 Å². The number of aromatic nitrogens is 2. The van der Waals surface area contributed by atoms with Crippen LogP contribution in [0.5, 0.6) is 5.88 Å². The number of carbonyl (C=O) groups excluding carboxylic acids is 1. The zero-order valence-electron chi connectivity index (χ0n) is 24.8. The largest absolute Gasteiger partial charge is 1.00 e. The topological polar surface area (TPSA) is 61.3 Å². The predicted octanol–water partition coefficient (Wildman–Crippen LogP) is 5.18. The number of esters is 1. The van der Waals surface area contributed by atoms with Gasteiger partial charge in [-0.1, -0.05) is 104 Å². The van der Waals surface area contributed by atoms with Gasteiger partial charge < -0.3 is 33.5 Å². The number of ether oxygens (including phenoxy) is 2. The Hall–Kier alpha value is -0.740. The van der Waals surface area contributed by atoms with E-state index in [4.69, 9.17) is 9.47 Å². The minimum atomic E-state index is -0.131. The first kappa shape index (κ1) is 35.3. The smallest absolute Gasteiger partial charge is 0.312 e. The SMILES string of the molecule is CCCCCCCCCCCC(OC(=O)C(C)C)[N+]1(C)CCC=C(c2nsnc2OCCCCCC)C1.[I-]. The molecule has 0 fully saturated rings. The molecule has 2 rings (SSSR count). The lowest BCUT2D eigenvalue weighted by Gasteiger charge is -2.43. The van der Waals surface area contributed by atoms with Gasteiger partial charge in [0, 0.05) is 18.4 Å². The third kappa shape index (κ3) is 12.6. The fourth-order valence-electron chi connectivity index (χ4n) is 5.05. The lowest BCUT2D eigenvalue weighted by Crippen LogP contribution is -3.00. The number of hydrogen-bond donors (Lipinski definition) is 0. The quantitative estimate of drug-likeness (QED) is 0.0834. The summed E-state index contributed by atoms with van der Waals surface area (Å²) in [6.45, 7) is 10.8. The Morgan fingerprint density at radius 2 is 1.55 bits per heavy atom. The maximum Gasteiger partial charge on any atom is 0.312 e. The summed E-state index contributed by atoms with van der Waals surface area (Å²) in [5.74, 6) is 0.450. The molecule has 0 aliphatic carbocycles. The summed E-state index contributed by atoms with van der Waals surface area (Å²) in [7, 11) is 2.24. The monoisotopic (exact) mass is 663 g/mol. The van der Waals surface area contributed by atoms with Crippen molar-refractivity contribution in [2.45, 2.75) is 130 Å². The molecule has 2 heterocycles. The van der Waals surface area contributed by atoms with Crippen molar-refractivity contribution in [3.05, 3.63) is 11.8 Å². The molecule has 1 aliphatic heterocycles. The third-order valence-corrected chi connectivity index (χ3v) is 8.05. The minimum absolute atomic E-state index is 0. The van der Waals surface area contributed by atoms with Crippen LogP contribution in [-0.4, -0.2) is 52.2 Å². The van der Waals surface area contributed by atoms with Crippen LogP contribution in [0.1, 0.15) is 130 Å². The van der Waals surface area contributed by atoms with E-state index >= 15 is 0 Å². The molecule has 0 spiro atoms. The van der Waals surface area contributed by atoms with Gasteiger partial charge in [0.05, 0.1) is 37.8 Å². The van der Waals surface area contributed by atoms with E-state index in [-0.39, 0.29) is 42.1 Å². The molecule has 0 N–H and O–H groups in total. The zero-order valence-corrected chi connectivity index (χ0v) is 27.8. The minimum Gasteiger partial charge on any atom is -1.00 e. The van der Waals surface area contributed by atoms with Crippen molar-refractivity contribution in [2.24, 2.45) is 5.92 Å². The molecule has 0 amide bonds. The molecule has 38 heavy (non-hydrogen) atoms. The summed E-state index contributed by atoms with van der Waals surface area (Å²) in [6.07, 6.45) is 20.3. The molecule has 1 aliphatic rings. The van der Waals surface area contributed by atoms with Crippen LogP contribution >= 0.6 is 11.7 Å². The van der Waals surface area contributed by atoms with Crippen LogP contribution in [-0.2, 0) is 9.53 Å². The van der Waals surface area contributed by atoms with E-state index in [1.807, 2.05) is 13.8 Å². The molecule has 6 nitrogen and oxygen atoms in total. The molecule has 0 saturated carbocycles. The third-order valence-electron chi connectivity index (χ3n) is 7.53. The second-order valence-electron chi connectivity index (χ2n) is 11.4. The molecule has 220 valence electrons. The highest BCUT2D eigenvalue weighted by Crippen LogP contribution is 2.33. The van der Waals surface area contributed by atoms with E-state index in [1.54, 1.807) is 0 Å². The standard InChI is InChI=1S/C30H54N3O3S.HI/c1-6-8-10-12-13-14-15-16-17-21-27(36-30(34)25(3)4)33(5)22-19-20-26(24-33)28-29(32-37-31-28)35-23-18-11-9-7-2;/h20,25,27H,6-19,21-24H2,1-5H3;1H/q+1;/p-1. The highest BCUT2D eigenvalue weighted by molar-refractivity contribution is 6.99. The summed E-state index contributed by atoms with van der Waals surface area (Å²) >= 11 is 1.22. The van der Waals surface area contributed by atoms with Gasteiger partial charge in [0.15, 0.2) is 0 Å². The summed E-state index contributed by atoms with van der Waals surface area (Å²) in [6, 6.07) is 0. The normalized spacial score (nSPS) is 18.1. The zero-order chi connectivity index (χ0) is 26.9. The number of rotatable bonds is 20. The second kappa shape index (κ2) is 20.2. The molecule has 1 aromatic heterocycles. The molecule has 0 aromatic carbocycles. The summed E-state index contributed by atoms with van der Waals surface area (Å²) < 4.78 is 22.0. The van der Waals surface area contributed by atoms with Gasteiger partial charge in [-0.2, -0.15) is 4.37 Å². The molecule has 1 aromatic rings. The van der Waals surface area contributed by atoms with Crippen LogP contribution in [0.3, 0.4) is 0 Å². The number of nitrogens with zero attached hydrogens (tertiary/aromatic N) is 3. The first-order valence-corrected chi connectivity index (χ1v) is 15.8. The summed E-state index contributed by atoms with van der Waals surface area (Å²) in [5.41, 5.74) is 2.05. The van der Waals surface area contributed by atoms with E-state index in [0.29, 0.717) is 17.0 Å². The van der Waals surface area contributed by atoms with Crippen LogP contribution in [0.2, 0.25) is 0 Å². The molecular formula is C30H54IN3O3S. The van der Waals surface area contributed by atoms with Crippen molar-refractivity contribution in [3.63, 3.8) is 0 Å². The van der Waals surface area contributed by atoms with Crippen molar-refractivity contribution in [3.8, 4) is 5.88 Å². The van der Waals surface area contributed by atoms with Crippen molar-refractivity contribution < 1.29 is 42.7 Å². The summed E-state index contributed by atoms with van der Waals surface area (Å²) in [4.78, 5) is 12.7. The first-order chi connectivity index (χ1) is 17.9. The molecule has 0 radical (unpaired) electrons. The van der Waals surface area contributed by atoms with E-state index in [1.165, 1.54) is 87.9 Å². The summed E-state index contributed by atoms with van der Waals surface area (Å²) in [5, 5.41) is 0. The molecule has 2 unspecified atom stereocenters. The van der Waals surface area contributed by atoms with E-state index < -0.39 is 0 Å². The van der Waals surface area contributed by atoms with Gasteiger partial charge >= 0.3 is 5.97 Å².